The van der Waals surface area contributed by atoms with Crippen LogP contribution < -0.4 is 4.74 Å². The van der Waals surface area contributed by atoms with Gasteiger partial charge in [-0.1, -0.05) is 12.1 Å². The van der Waals surface area contributed by atoms with Crippen LogP contribution in [0.3, 0.4) is 0 Å². The summed E-state index contributed by atoms with van der Waals surface area (Å²) in [5, 5.41) is 0. The van der Waals surface area contributed by atoms with Crippen molar-refractivity contribution in [2.45, 2.75) is 0 Å². The second-order valence-corrected chi connectivity index (χ2v) is 1.63. The van der Waals surface area contributed by atoms with Gasteiger partial charge in [-0.3, -0.25) is 0 Å². The van der Waals surface area contributed by atoms with Gasteiger partial charge in [0.15, 0.2) is 11.6 Å². The van der Waals surface area contributed by atoms with Crippen LogP contribution >= 0.6 is 0 Å². The molecule has 0 aliphatic carbocycles. The van der Waals surface area contributed by atoms with Crippen LogP contribution in [0.25, 0.3) is 0 Å². The SMILES string of the molecule is COc1ccccc1F.[HH].[HH]. The number of methoxy groups -OCH3 is 1. The van der Waals surface area contributed by atoms with Gasteiger partial charge in [0.2, 0.25) is 0 Å². The van der Waals surface area contributed by atoms with Gasteiger partial charge in [-0.15, -0.1) is 0 Å². The van der Waals surface area contributed by atoms with Crippen molar-refractivity contribution in [2.75, 3.05) is 7.11 Å². The molecule has 0 spiro atoms. The molecule has 0 bridgehead atoms. The van der Waals surface area contributed by atoms with E-state index in [1.54, 1.807) is 18.2 Å². The number of para-hydroxylation sites is 1. The van der Waals surface area contributed by atoms with Crippen molar-refractivity contribution >= 4 is 0 Å². The van der Waals surface area contributed by atoms with E-state index in [2.05, 4.69) is 4.74 Å². The number of hydrogen-bond acceptors (Lipinski definition) is 1. The van der Waals surface area contributed by atoms with Crippen LogP contribution in [-0.4, -0.2) is 7.11 Å². The van der Waals surface area contributed by atoms with E-state index >= 15 is 0 Å². The van der Waals surface area contributed by atoms with Crippen molar-refractivity contribution in [3.05, 3.63) is 30.1 Å². The molecular formula is C7H11FO. The molecule has 0 heterocycles. The second-order valence-electron chi connectivity index (χ2n) is 1.63. The van der Waals surface area contributed by atoms with Crippen molar-refractivity contribution in [3.8, 4) is 5.75 Å². The average Bonchev–Trinajstić information content (AvgIpc) is 1.89. The van der Waals surface area contributed by atoms with Crippen molar-refractivity contribution in [1.82, 2.24) is 0 Å². The third kappa shape index (κ3) is 1.19. The Morgan fingerprint density at radius 3 is 2.56 bits per heavy atom. The predicted octanol–water partition coefficient (Wildman–Crippen LogP) is 2.33. The Balaban J connectivity index is 0. The minimum absolute atomic E-state index is 0. The van der Waals surface area contributed by atoms with E-state index in [-0.39, 0.29) is 14.4 Å². The van der Waals surface area contributed by atoms with Crippen LogP contribution in [0.15, 0.2) is 24.3 Å². The van der Waals surface area contributed by atoms with Gasteiger partial charge in [-0.25, -0.2) is 4.39 Å². The quantitative estimate of drug-likeness (QED) is 0.567. The summed E-state index contributed by atoms with van der Waals surface area (Å²) >= 11 is 0. The highest BCUT2D eigenvalue weighted by atomic mass is 19.1. The van der Waals surface area contributed by atoms with E-state index in [1.165, 1.54) is 13.2 Å². The van der Waals surface area contributed by atoms with Crippen molar-refractivity contribution in [3.63, 3.8) is 0 Å². The second kappa shape index (κ2) is 2.49. The Morgan fingerprint density at radius 2 is 2.11 bits per heavy atom. The molecule has 1 aromatic rings. The van der Waals surface area contributed by atoms with Crippen molar-refractivity contribution in [2.24, 2.45) is 0 Å². The first kappa shape index (κ1) is 6.08. The van der Waals surface area contributed by atoms with E-state index in [1.807, 2.05) is 0 Å². The van der Waals surface area contributed by atoms with Crippen LogP contribution in [0.2, 0.25) is 0 Å². The molecule has 1 aromatic carbocycles. The van der Waals surface area contributed by atoms with Gasteiger partial charge < -0.3 is 4.74 Å². The van der Waals surface area contributed by atoms with Gasteiger partial charge in [0.1, 0.15) is 0 Å². The summed E-state index contributed by atoms with van der Waals surface area (Å²) in [6.07, 6.45) is 0. The van der Waals surface area contributed by atoms with Gasteiger partial charge >= 0.3 is 0 Å². The molecule has 0 saturated heterocycles. The number of halogens is 1. The van der Waals surface area contributed by atoms with Gasteiger partial charge in [-0.2, -0.15) is 0 Å². The van der Waals surface area contributed by atoms with Crippen LogP contribution in [0.5, 0.6) is 5.75 Å². The van der Waals surface area contributed by atoms with Crippen LogP contribution in [0.1, 0.15) is 2.85 Å². The smallest absolute Gasteiger partial charge is 0.165 e. The van der Waals surface area contributed by atoms with E-state index in [4.69, 9.17) is 0 Å². The largest absolute Gasteiger partial charge is 0.494 e. The molecule has 0 amide bonds. The Morgan fingerprint density at radius 1 is 1.44 bits per heavy atom. The lowest BCUT2D eigenvalue weighted by Gasteiger charge is -1.97. The van der Waals surface area contributed by atoms with Gasteiger partial charge in [0.25, 0.3) is 0 Å². The standard InChI is InChI=1S/C7H7FO.2H2/c1-9-7-5-3-2-4-6(7)8;;/h2-5H,1H3;2*1H. The Hall–Kier alpha value is -1.05. The van der Waals surface area contributed by atoms with E-state index in [9.17, 15) is 4.39 Å². The summed E-state index contributed by atoms with van der Waals surface area (Å²) in [6.45, 7) is 0. The van der Waals surface area contributed by atoms with Crippen molar-refractivity contribution < 1.29 is 12.0 Å². The Labute approximate surface area is 56.0 Å². The minimum Gasteiger partial charge on any atom is -0.494 e. The molecule has 2 heteroatoms. The van der Waals surface area contributed by atoms with E-state index in [0.717, 1.165) is 0 Å². The Bertz CT molecular complexity index is 205. The molecule has 1 rings (SSSR count). The van der Waals surface area contributed by atoms with Crippen LogP contribution in [-0.2, 0) is 0 Å². The fourth-order valence-corrected chi connectivity index (χ4v) is 0.610. The Kier molecular flexibility index (Phi) is 1.68. The predicted molar refractivity (Wildman–Crippen MR) is 37.2 cm³/mol. The van der Waals surface area contributed by atoms with Crippen molar-refractivity contribution in [1.29, 1.82) is 0 Å². The summed E-state index contributed by atoms with van der Waals surface area (Å²) in [5.74, 6) is -0.0301. The fourth-order valence-electron chi connectivity index (χ4n) is 0.610. The molecule has 0 aliphatic heterocycles. The lowest BCUT2D eigenvalue weighted by molar-refractivity contribution is 0.386. The topological polar surface area (TPSA) is 9.23 Å². The third-order valence-corrected chi connectivity index (χ3v) is 1.06. The van der Waals surface area contributed by atoms with Gasteiger partial charge in [0.05, 0.1) is 7.11 Å². The minimum atomic E-state index is -0.319. The van der Waals surface area contributed by atoms with E-state index < -0.39 is 0 Å². The fraction of sp³-hybridized carbons (Fsp3) is 0.143. The molecule has 0 aromatic heterocycles. The zero-order chi connectivity index (χ0) is 6.69. The maximum absolute atomic E-state index is 12.5. The van der Waals surface area contributed by atoms with Crippen LogP contribution in [0, 0.1) is 5.82 Å². The maximum Gasteiger partial charge on any atom is 0.165 e. The first-order chi connectivity index (χ1) is 4.34. The highest BCUT2D eigenvalue weighted by Gasteiger charge is 1.95. The number of benzene rings is 1. The van der Waals surface area contributed by atoms with Crippen LogP contribution in [0.4, 0.5) is 4.39 Å². The summed E-state index contributed by atoms with van der Waals surface area (Å²) in [7, 11) is 1.44. The number of rotatable bonds is 1. The average molecular weight is 130 g/mol. The first-order valence-corrected chi connectivity index (χ1v) is 2.63. The van der Waals surface area contributed by atoms with Gasteiger partial charge in [0, 0.05) is 2.85 Å². The molecule has 0 saturated carbocycles. The summed E-state index contributed by atoms with van der Waals surface area (Å²) < 4.78 is 17.1. The molecule has 52 valence electrons. The number of ether oxygens (including phenoxy) is 1. The highest BCUT2D eigenvalue weighted by Crippen LogP contribution is 2.13. The van der Waals surface area contributed by atoms with Gasteiger partial charge in [-0.05, 0) is 12.1 Å². The maximum atomic E-state index is 12.5. The molecule has 1 nitrogen and oxygen atoms in total. The first-order valence-electron chi connectivity index (χ1n) is 2.63. The molecular weight excluding hydrogens is 119 g/mol. The molecule has 0 atom stereocenters. The van der Waals surface area contributed by atoms with E-state index in [0.29, 0.717) is 0 Å². The summed E-state index contributed by atoms with van der Waals surface area (Å²) in [4.78, 5) is 0. The zero-order valence-electron chi connectivity index (χ0n) is 5.10. The number of hydrogen-bond donors (Lipinski definition) is 0. The lowest BCUT2D eigenvalue weighted by Crippen LogP contribution is -1.85. The molecule has 0 fully saturated rings. The molecule has 9 heavy (non-hydrogen) atoms. The summed E-state index contributed by atoms with van der Waals surface area (Å²) in [5.41, 5.74) is 0. The highest BCUT2D eigenvalue weighted by molar-refractivity contribution is 5.23. The molecule has 0 aliphatic rings. The lowest BCUT2D eigenvalue weighted by atomic mass is 10.3. The monoisotopic (exact) mass is 130 g/mol. The third-order valence-electron chi connectivity index (χ3n) is 1.06. The normalized spacial score (nSPS) is 9.11. The zero-order valence-corrected chi connectivity index (χ0v) is 5.10. The molecule has 0 N–H and O–H groups in total. The molecule has 0 radical (unpaired) electrons. The molecule has 0 unspecified atom stereocenters. The summed E-state index contributed by atoms with van der Waals surface area (Å²) in [6, 6.07) is 6.29.